The monoisotopic (exact) mass is 324 g/mol. The molecule has 0 spiro atoms. The number of allylic oxidation sites excluding steroid dienone is 3. The summed E-state index contributed by atoms with van der Waals surface area (Å²) in [5.41, 5.74) is 0.722. The Labute approximate surface area is 140 Å². The van der Waals surface area contributed by atoms with E-state index >= 15 is 0 Å². The molecular formula is C19H32O4. The van der Waals surface area contributed by atoms with Gasteiger partial charge in [-0.2, -0.15) is 0 Å². The number of hydrogen-bond acceptors (Lipinski definition) is 4. The topological polar surface area (TPSA) is 52.6 Å². The van der Waals surface area contributed by atoms with Gasteiger partial charge in [-0.05, 0) is 24.7 Å². The molecule has 0 N–H and O–H groups in total. The summed E-state index contributed by atoms with van der Waals surface area (Å²) < 4.78 is 9.27. The summed E-state index contributed by atoms with van der Waals surface area (Å²) in [5.74, 6) is -0.742. The van der Waals surface area contributed by atoms with Crippen LogP contribution in [0.4, 0.5) is 0 Å². The lowest BCUT2D eigenvalue weighted by Gasteiger charge is -2.12. The minimum Gasteiger partial charge on any atom is -0.468 e. The van der Waals surface area contributed by atoms with Crippen LogP contribution in [0.5, 0.6) is 0 Å². The zero-order chi connectivity index (χ0) is 17.8. The van der Waals surface area contributed by atoms with E-state index < -0.39 is 17.9 Å². The number of methoxy groups -OCH3 is 2. The molecule has 0 heterocycles. The molecule has 0 aromatic heterocycles. The molecule has 0 aromatic carbocycles. The Bertz CT molecular complexity index is 394. The number of carbonyl (C=O) groups excluding carboxylic acids is 2. The molecule has 0 saturated carbocycles. The summed E-state index contributed by atoms with van der Waals surface area (Å²) in [5, 5.41) is 0. The average molecular weight is 324 g/mol. The third-order valence-corrected chi connectivity index (χ3v) is 3.81. The maximum absolute atomic E-state index is 11.6. The Hall–Kier alpha value is -1.58. The van der Waals surface area contributed by atoms with E-state index in [0.717, 1.165) is 17.9 Å². The summed E-state index contributed by atoms with van der Waals surface area (Å²) in [6.45, 7) is 10.6. The molecule has 0 aliphatic carbocycles. The van der Waals surface area contributed by atoms with Crippen LogP contribution < -0.4 is 0 Å². The van der Waals surface area contributed by atoms with E-state index in [1.807, 2.05) is 6.08 Å². The average Bonchev–Trinajstić information content (AvgIpc) is 2.50. The first-order valence-electron chi connectivity index (χ1n) is 8.31. The molecule has 0 bridgehead atoms. The fourth-order valence-electron chi connectivity index (χ4n) is 2.34. The van der Waals surface area contributed by atoms with E-state index in [-0.39, 0.29) is 6.42 Å². The molecule has 4 heteroatoms. The minimum absolute atomic E-state index is 0.220. The van der Waals surface area contributed by atoms with Gasteiger partial charge in [0.25, 0.3) is 0 Å². The van der Waals surface area contributed by atoms with E-state index in [4.69, 9.17) is 0 Å². The Morgan fingerprint density at radius 3 is 2.09 bits per heavy atom. The van der Waals surface area contributed by atoms with Gasteiger partial charge in [0, 0.05) is 0 Å². The molecule has 0 rings (SSSR count). The number of rotatable bonds is 11. The van der Waals surface area contributed by atoms with E-state index in [2.05, 4.69) is 42.9 Å². The molecule has 0 unspecified atom stereocenters. The van der Waals surface area contributed by atoms with Crippen LogP contribution in [0, 0.1) is 17.8 Å². The lowest BCUT2D eigenvalue weighted by Crippen LogP contribution is -2.26. The third-order valence-electron chi connectivity index (χ3n) is 3.81. The van der Waals surface area contributed by atoms with Gasteiger partial charge in [0.2, 0.25) is 0 Å². The Morgan fingerprint density at radius 1 is 1.04 bits per heavy atom. The summed E-state index contributed by atoms with van der Waals surface area (Å²) in [4.78, 5) is 23.2. The zero-order valence-electron chi connectivity index (χ0n) is 15.3. The van der Waals surface area contributed by atoms with Gasteiger partial charge >= 0.3 is 11.9 Å². The van der Waals surface area contributed by atoms with Gasteiger partial charge in [0.15, 0.2) is 5.92 Å². The van der Waals surface area contributed by atoms with Crippen LogP contribution in [0.25, 0.3) is 0 Å². The molecule has 0 fully saturated rings. The van der Waals surface area contributed by atoms with Crippen LogP contribution in [0.1, 0.15) is 52.9 Å². The summed E-state index contributed by atoms with van der Waals surface area (Å²) >= 11 is 0. The van der Waals surface area contributed by atoms with E-state index in [0.29, 0.717) is 5.92 Å². The quantitative estimate of drug-likeness (QED) is 0.323. The van der Waals surface area contributed by atoms with Crippen molar-refractivity contribution >= 4 is 11.9 Å². The molecule has 132 valence electrons. The van der Waals surface area contributed by atoms with E-state index in [9.17, 15) is 9.59 Å². The van der Waals surface area contributed by atoms with Gasteiger partial charge in [-0.15, -0.1) is 0 Å². The molecule has 0 aliphatic heterocycles. The highest BCUT2D eigenvalue weighted by atomic mass is 16.5. The predicted molar refractivity (Wildman–Crippen MR) is 92.9 cm³/mol. The van der Waals surface area contributed by atoms with Crippen molar-refractivity contribution in [2.75, 3.05) is 14.2 Å². The second-order valence-corrected chi connectivity index (χ2v) is 6.53. The van der Waals surface area contributed by atoms with E-state index in [1.165, 1.54) is 33.5 Å². The fraction of sp³-hybridized carbons (Fsp3) is 0.684. The number of carbonyl (C=O) groups is 2. The smallest absolute Gasteiger partial charge is 0.320 e. The van der Waals surface area contributed by atoms with Crippen LogP contribution in [-0.2, 0) is 19.1 Å². The summed E-state index contributed by atoms with van der Waals surface area (Å²) in [6, 6.07) is 0. The van der Waals surface area contributed by atoms with Gasteiger partial charge in [-0.1, -0.05) is 64.3 Å². The van der Waals surface area contributed by atoms with Crippen molar-refractivity contribution < 1.29 is 19.1 Å². The third kappa shape index (κ3) is 9.93. The molecule has 0 saturated heterocycles. The summed E-state index contributed by atoms with van der Waals surface area (Å²) in [6.07, 6.45) is 8.87. The van der Waals surface area contributed by atoms with Crippen LogP contribution in [0.3, 0.4) is 0 Å². The van der Waals surface area contributed by atoms with Crippen LogP contribution >= 0.6 is 0 Å². The van der Waals surface area contributed by atoms with Crippen molar-refractivity contribution in [3.8, 4) is 0 Å². The Balaban J connectivity index is 4.29. The highest BCUT2D eigenvalue weighted by Gasteiger charge is 2.28. The van der Waals surface area contributed by atoms with Gasteiger partial charge in [0.05, 0.1) is 14.2 Å². The van der Waals surface area contributed by atoms with Gasteiger partial charge < -0.3 is 9.47 Å². The molecule has 0 aromatic rings. The first-order chi connectivity index (χ1) is 10.8. The number of hydrogen-bond donors (Lipinski definition) is 0. The second-order valence-electron chi connectivity index (χ2n) is 6.53. The van der Waals surface area contributed by atoms with Crippen molar-refractivity contribution in [1.82, 2.24) is 0 Å². The molecule has 0 radical (unpaired) electrons. The van der Waals surface area contributed by atoms with Gasteiger partial charge in [-0.3, -0.25) is 9.59 Å². The largest absolute Gasteiger partial charge is 0.468 e. The summed E-state index contributed by atoms with van der Waals surface area (Å²) in [7, 11) is 2.52. The molecule has 0 amide bonds. The van der Waals surface area contributed by atoms with Crippen LogP contribution in [0.2, 0.25) is 0 Å². The van der Waals surface area contributed by atoms with E-state index in [1.54, 1.807) is 0 Å². The van der Waals surface area contributed by atoms with Crippen molar-refractivity contribution in [3.05, 3.63) is 24.3 Å². The standard InChI is InChI=1S/C19H32O4/c1-14(2)9-7-10-15(3)11-8-12-16(4)13-17(18(20)22-5)19(21)23-6/h8,12,14-15,17H,4,7,9-11,13H2,1-3,5-6H3/b12-8+/t15-/m1/s1. The molecule has 1 atom stereocenters. The molecule has 0 aliphatic rings. The van der Waals surface area contributed by atoms with Crippen molar-refractivity contribution in [3.63, 3.8) is 0 Å². The lowest BCUT2D eigenvalue weighted by atomic mass is 9.96. The first-order valence-corrected chi connectivity index (χ1v) is 8.31. The number of ether oxygens (including phenoxy) is 2. The second kappa shape index (κ2) is 11.9. The minimum atomic E-state index is -0.939. The van der Waals surface area contributed by atoms with Crippen molar-refractivity contribution in [1.29, 1.82) is 0 Å². The SMILES string of the molecule is C=C(/C=C/C[C@H](C)CCCC(C)C)CC(C(=O)OC)C(=O)OC. The molecule has 23 heavy (non-hydrogen) atoms. The fourth-order valence-corrected chi connectivity index (χ4v) is 2.34. The van der Waals surface area contributed by atoms with Gasteiger partial charge in [-0.25, -0.2) is 0 Å². The molecule has 4 nitrogen and oxygen atoms in total. The van der Waals surface area contributed by atoms with Gasteiger partial charge in [0.1, 0.15) is 0 Å². The maximum atomic E-state index is 11.6. The van der Waals surface area contributed by atoms with Crippen molar-refractivity contribution in [2.45, 2.75) is 52.9 Å². The maximum Gasteiger partial charge on any atom is 0.320 e. The number of esters is 2. The molecular weight excluding hydrogens is 292 g/mol. The van der Waals surface area contributed by atoms with Crippen LogP contribution in [0.15, 0.2) is 24.3 Å². The first kappa shape index (κ1) is 21.4. The Morgan fingerprint density at radius 2 is 1.61 bits per heavy atom. The predicted octanol–water partition coefficient (Wildman–Crippen LogP) is 4.30. The van der Waals surface area contributed by atoms with Crippen LogP contribution in [-0.4, -0.2) is 26.2 Å². The lowest BCUT2D eigenvalue weighted by molar-refractivity contribution is -0.158. The zero-order valence-corrected chi connectivity index (χ0v) is 15.3. The van der Waals surface area contributed by atoms with Crippen molar-refractivity contribution in [2.24, 2.45) is 17.8 Å². The highest BCUT2D eigenvalue weighted by molar-refractivity contribution is 5.95. The normalized spacial score (nSPS) is 12.7. The highest BCUT2D eigenvalue weighted by Crippen LogP contribution is 2.18. The Kier molecular flexibility index (Phi) is 11.1.